The average molecular weight is 401 g/mol. The number of guanidine groups is 1. The summed E-state index contributed by atoms with van der Waals surface area (Å²) in [5, 5.41) is 3.33. The number of carbonyl (C=O) groups is 2. The molecule has 2 fully saturated rings. The number of nitrogens with one attached hydrogen (secondary N) is 1. The van der Waals surface area contributed by atoms with Gasteiger partial charge in [0.25, 0.3) is 0 Å². The molecule has 2 unspecified atom stereocenters. The predicted octanol–water partition coefficient (Wildman–Crippen LogP) is 2.41. The maximum Gasteiger partial charge on any atom is 0.310 e. The summed E-state index contributed by atoms with van der Waals surface area (Å²) in [6, 6.07) is 8.08. The number of amides is 1. The van der Waals surface area contributed by atoms with E-state index in [2.05, 4.69) is 17.1 Å². The number of hydrogen-bond donors (Lipinski definition) is 1. The molecule has 2 heterocycles. The van der Waals surface area contributed by atoms with Crippen LogP contribution in [-0.4, -0.2) is 56.0 Å². The van der Waals surface area contributed by atoms with Gasteiger partial charge in [0.05, 0.1) is 19.6 Å². The Morgan fingerprint density at radius 1 is 1.24 bits per heavy atom. The largest absolute Gasteiger partial charge is 0.469 e. The molecule has 0 spiro atoms. The minimum Gasteiger partial charge on any atom is -0.469 e. The number of anilines is 1. The number of esters is 1. The summed E-state index contributed by atoms with van der Waals surface area (Å²) in [6.45, 7) is 7.63. The van der Waals surface area contributed by atoms with Crippen molar-refractivity contribution >= 4 is 23.5 Å². The van der Waals surface area contributed by atoms with Crippen LogP contribution >= 0.6 is 0 Å². The third-order valence-electron chi connectivity index (χ3n) is 5.73. The fraction of sp³-hybridized carbons (Fsp3) is 0.591. The average Bonchev–Trinajstić information content (AvgIpc) is 3.13. The smallest absolute Gasteiger partial charge is 0.310 e. The zero-order valence-electron chi connectivity index (χ0n) is 17.7. The molecule has 0 saturated carbocycles. The zero-order chi connectivity index (χ0) is 20.8. The van der Waals surface area contributed by atoms with Gasteiger partial charge in [-0.15, -0.1) is 0 Å². The number of methoxy groups -OCH3 is 1. The molecule has 0 aromatic heterocycles. The van der Waals surface area contributed by atoms with E-state index < -0.39 is 0 Å². The first-order valence-electron chi connectivity index (χ1n) is 10.5. The highest BCUT2D eigenvalue weighted by molar-refractivity contribution is 5.94. The lowest BCUT2D eigenvalue weighted by molar-refractivity contribution is -0.146. The summed E-state index contributed by atoms with van der Waals surface area (Å²) in [6.07, 6.45) is 2.69. The maximum atomic E-state index is 12.1. The van der Waals surface area contributed by atoms with E-state index in [1.54, 1.807) is 0 Å². The number of ether oxygens (including phenoxy) is 1. The first-order chi connectivity index (χ1) is 14.0. The Hall–Kier alpha value is -2.57. The molecule has 2 saturated heterocycles. The molecule has 1 amide bonds. The van der Waals surface area contributed by atoms with Crippen LogP contribution in [0.2, 0.25) is 0 Å². The monoisotopic (exact) mass is 400 g/mol. The van der Waals surface area contributed by atoms with E-state index in [0.717, 1.165) is 49.7 Å². The van der Waals surface area contributed by atoms with Gasteiger partial charge in [-0.3, -0.25) is 9.59 Å². The van der Waals surface area contributed by atoms with E-state index in [9.17, 15) is 9.59 Å². The van der Waals surface area contributed by atoms with E-state index >= 15 is 0 Å². The number of rotatable bonds is 5. The van der Waals surface area contributed by atoms with Gasteiger partial charge in [-0.2, -0.15) is 0 Å². The van der Waals surface area contributed by atoms with Crippen LogP contribution in [0.5, 0.6) is 0 Å². The van der Waals surface area contributed by atoms with Crippen LogP contribution in [0, 0.1) is 11.8 Å². The van der Waals surface area contributed by atoms with Crippen LogP contribution < -0.4 is 10.2 Å². The Balaban J connectivity index is 1.66. The molecule has 1 aromatic carbocycles. The lowest BCUT2D eigenvalue weighted by Gasteiger charge is -2.26. The van der Waals surface area contributed by atoms with Crippen molar-refractivity contribution in [2.45, 2.75) is 39.7 Å². The molecule has 7 heteroatoms. The van der Waals surface area contributed by atoms with Gasteiger partial charge in [0, 0.05) is 38.3 Å². The van der Waals surface area contributed by atoms with Crippen LogP contribution in [0.1, 0.15) is 38.7 Å². The summed E-state index contributed by atoms with van der Waals surface area (Å²) in [4.78, 5) is 32.9. The minimum atomic E-state index is -0.154. The minimum absolute atomic E-state index is 0.120. The fourth-order valence-electron chi connectivity index (χ4n) is 4.05. The molecule has 0 bridgehead atoms. The SMILES string of the molecule is CCNC(=NCc1ccc(N2CCCCC2=O)cc1)N1CC(C)C(C(=O)OC)C1. The second kappa shape index (κ2) is 9.76. The van der Waals surface area contributed by atoms with Crippen molar-refractivity contribution < 1.29 is 14.3 Å². The van der Waals surface area contributed by atoms with Gasteiger partial charge in [-0.1, -0.05) is 19.1 Å². The highest BCUT2D eigenvalue weighted by Gasteiger charge is 2.36. The van der Waals surface area contributed by atoms with E-state index in [4.69, 9.17) is 9.73 Å². The number of hydrogen-bond acceptors (Lipinski definition) is 4. The second-order valence-corrected chi connectivity index (χ2v) is 7.85. The van der Waals surface area contributed by atoms with E-state index in [1.165, 1.54) is 7.11 Å². The van der Waals surface area contributed by atoms with Gasteiger partial charge in [-0.05, 0) is 43.4 Å². The van der Waals surface area contributed by atoms with Gasteiger partial charge in [-0.25, -0.2) is 4.99 Å². The maximum absolute atomic E-state index is 12.1. The lowest BCUT2D eigenvalue weighted by Crippen LogP contribution is -2.40. The Morgan fingerprint density at radius 3 is 2.66 bits per heavy atom. The van der Waals surface area contributed by atoms with Gasteiger partial charge < -0.3 is 19.9 Å². The number of likely N-dealkylation sites (tertiary alicyclic amines) is 1. The Morgan fingerprint density at radius 2 is 2.00 bits per heavy atom. The molecule has 0 radical (unpaired) electrons. The molecule has 2 aliphatic heterocycles. The van der Waals surface area contributed by atoms with Crippen LogP contribution in [-0.2, 0) is 20.9 Å². The summed E-state index contributed by atoms with van der Waals surface area (Å²) >= 11 is 0. The van der Waals surface area contributed by atoms with E-state index in [1.807, 2.05) is 36.1 Å². The molecule has 0 aliphatic carbocycles. The predicted molar refractivity (Wildman–Crippen MR) is 114 cm³/mol. The van der Waals surface area contributed by atoms with Crippen LogP contribution in [0.25, 0.3) is 0 Å². The normalized spacial score (nSPS) is 22.7. The van der Waals surface area contributed by atoms with Crippen molar-refractivity contribution in [3.05, 3.63) is 29.8 Å². The first kappa shape index (κ1) is 21.1. The summed E-state index contributed by atoms with van der Waals surface area (Å²) in [5.74, 6) is 0.984. The van der Waals surface area contributed by atoms with E-state index in [0.29, 0.717) is 19.5 Å². The summed E-state index contributed by atoms with van der Waals surface area (Å²) in [7, 11) is 1.44. The highest BCUT2D eigenvalue weighted by atomic mass is 16.5. The number of benzene rings is 1. The Kier molecular flexibility index (Phi) is 7.12. The molecule has 2 atom stereocenters. The van der Waals surface area contributed by atoms with Crippen LogP contribution in [0.4, 0.5) is 5.69 Å². The van der Waals surface area contributed by atoms with Crippen LogP contribution in [0.3, 0.4) is 0 Å². The molecule has 1 aromatic rings. The zero-order valence-corrected chi connectivity index (χ0v) is 17.7. The van der Waals surface area contributed by atoms with Crippen molar-refractivity contribution in [1.29, 1.82) is 0 Å². The summed E-state index contributed by atoms with van der Waals surface area (Å²) in [5.41, 5.74) is 2.05. The topological polar surface area (TPSA) is 74.2 Å². The standard InChI is InChI=1S/C22H32N4O3/c1-4-23-22(25-14-16(2)19(15-25)21(28)29-3)24-13-17-8-10-18(11-9-17)26-12-6-5-7-20(26)27/h8-11,16,19H,4-7,12-15H2,1-3H3,(H,23,24). The number of carbonyl (C=O) groups excluding carboxylic acids is 2. The second-order valence-electron chi connectivity index (χ2n) is 7.85. The molecule has 158 valence electrons. The van der Waals surface area contributed by atoms with Crippen LogP contribution in [0.15, 0.2) is 29.3 Å². The van der Waals surface area contributed by atoms with Gasteiger partial charge >= 0.3 is 5.97 Å². The fourth-order valence-corrected chi connectivity index (χ4v) is 4.05. The molecular weight excluding hydrogens is 368 g/mol. The van der Waals surface area contributed by atoms with Gasteiger partial charge in [0.2, 0.25) is 5.91 Å². The molecule has 1 N–H and O–H groups in total. The van der Waals surface area contributed by atoms with Crippen molar-refractivity contribution in [3.8, 4) is 0 Å². The van der Waals surface area contributed by atoms with Gasteiger partial charge in [0.15, 0.2) is 5.96 Å². The molecule has 29 heavy (non-hydrogen) atoms. The number of nitrogens with zero attached hydrogens (tertiary/aromatic N) is 3. The Labute approximate surface area is 173 Å². The number of piperidine rings is 1. The van der Waals surface area contributed by atoms with Gasteiger partial charge in [0.1, 0.15) is 0 Å². The lowest BCUT2D eigenvalue weighted by atomic mass is 9.99. The molecule has 7 nitrogen and oxygen atoms in total. The van der Waals surface area contributed by atoms with Crippen molar-refractivity contribution in [2.75, 3.05) is 38.2 Å². The molecule has 2 aliphatic rings. The Bertz CT molecular complexity index is 747. The summed E-state index contributed by atoms with van der Waals surface area (Å²) < 4.78 is 4.94. The first-order valence-corrected chi connectivity index (χ1v) is 10.5. The third-order valence-corrected chi connectivity index (χ3v) is 5.73. The molecular formula is C22H32N4O3. The highest BCUT2D eigenvalue weighted by Crippen LogP contribution is 2.25. The van der Waals surface area contributed by atoms with Crippen molar-refractivity contribution in [2.24, 2.45) is 16.8 Å². The van der Waals surface area contributed by atoms with Crippen molar-refractivity contribution in [1.82, 2.24) is 10.2 Å². The van der Waals surface area contributed by atoms with Crippen molar-refractivity contribution in [3.63, 3.8) is 0 Å². The van der Waals surface area contributed by atoms with E-state index in [-0.39, 0.29) is 23.7 Å². The number of aliphatic imine (C=N–C) groups is 1. The third kappa shape index (κ3) is 5.08. The molecule has 3 rings (SSSR count). The quantitative estimate of drug-likeness (QED) is 0.467.